The first-order valence-corrected chi connectivity index (χ1v) is 8.97. The number of aliphatic hydroxyl groups is 1. The summed E-state index contributed by atoms with van der Waals surface area (Å²) >= 11 is 0. The molecule has 2 unspecified atom stereocenters. The second-order valence-electron chi connectivity index (χ2n) is 6.21. The monoisotopic (exact) mass is 295 g/mol. The molecule has 3 N–H and O–H groups in total. The fourth-order valence-electron chi connectivity index (χ4n) is 3.29. The second kappa shape index (κ2) is 4.83. The number of sulfone groups is 1. The highest BCUT2D eigenvalue weighted by atomic mass is 32.2. The van der Waals surface area contributed by atoms with Crippen molar-refractivity contribution >= 4 is 9.84 Å². The molecular formula is C15H21NO3S. The van der Waals surface area contributed by atoms with Gasteiger partial charge in [-0.05, 0) is 36.3 Å². The van der Waals surface area contributed by atoms with Gasteiger partial charge in [-0.25, -0.2) is 8.42 Å². The summed E-state index contributed by atoms with van der Waals surface area (Å²) in [6.45, 7) is 0.201. The molecule has 1 aliphatic carbocycles. The van der Waals surface area contributed by atoms with E-state index in [-0.39, 0.29) is 18.1 Å². The Bertz CT molecular complexity index is 609. The van der Waals surface area contributed by atoms with Crippen LogP contribution in [0, 0.1) is 5.41 Å². The molecule has 20 heavy (non-hydrogen) atoms. The number of nitrogens with two attached hydrogens (primary N) is 1. The van der Waals surface area contributed by atoms with Crippen LogP contribution in [-0.4, -0.2) is 31.6 Å². The van der Waals surface area contributed by atoms with Crippen molar-refractivity contribution < 1.29 is 13.5 Å². The van der Waals surface area contributed by atoms with E-state index >= 15 is 0 Å². The van der Waals surface area contributed by atoms with Gasteiger partial charge < -0.3 is 10.8 Å². The van der Waals surface area contributed by atoms with Gasteiger partial charge >= 0.3 is 0 Å². The average molecular weight is 295 g/mol. The van der Waals surface area contributed by atoms with Crippen molar-refractivity contribution in [1.29, 1.82) is 0 Å². The lowest BCUT2D eigenvalue weighted by Gasteiger charge is -2.33. The molecule has 1 aliphatic heterocycles. The van der Waals surface area contributed by atoms with Gasteiger partial charge in [-0.15, -0.1) is 0 Å². The minimum Gasteiger partial charge on any atom is -0.388 e. The molecule has 110 valence electrons. The summed E-state index contributed by atoms with van der Waals surface area (Å²) in [5.41, 5.74) is 7.16. The van der Waals surface area contributed by atoms with Crippen molar-refractivity contribution in [3.05, 3.63) is 35.4 Å². The van der Waals surface area contributed by atoms with Gasteiger partial charge in [-0.2, -0.15) is 0 Å². The zero-order valence-electron chi connectivity index (χ0n) is 11.5. The largest absolute Gasteiger partial charge is 0.388 e. The van der Waals surface area contributed by atoms with Crippen molar-refractivity contribution in [3.63, 3.8) is 0 Å². The van der Waals surface area contributed by atoms with Gasteiger partial charge in [0.2, 0.25) is 0 Å². The maximum atomic E-state index is 11.8. The van der Waals surface area contributed by atoms with E-state index in [2.05, 4.69) is 0 Å². The van der Waals surface area contributed by atoms with Gasteiger partial charge in [0.1, 0.15) is 0 Å². The van der Waals surface area contributed by atoms with E-state index in [0.29, 0.717) is 12.3 Å². The van der Waals surface area contributed by atoms with Crippen LogP contribution in [-0.2, 0) is 9.84 Å². The van der Waals surface area contributed by atoms with Crippen LogP contribution in [0.1, 0.15) is 42.4 Å². The lowest BCUT2D eigenvalue weighted by Crippen LogP contribution is -2.38. The zero-order valence-corrected chi connectivity index (χ0v) is 12.3. The molecule has 3 rings (SSSR count). The van der Waals surface area contributed by atoms with Crippen LogP contribution >= 0.6 is 0 Å². The lowest BCUT2D eigenvalue weighted by molar-refractivity contribution is 0.0464. The van der Waals surface area contributed by atoms with Crippen molar-refractivity contribution in [2.45, 2.75) is 31.3 Å². The quantitative estimate of drug-likeness (QED) is 0.879. The third-order valence-electron chi connectivity index (χ3n) is 4.71. The van der Waals surface area contributed by atoms with Gasteiger partial charge in [-0.1, -0.05) is 24.3 Å². The number of rotatable bonds is 4. The highest BCUT2D eigenvalue weighted by Crippen LogP contribution is 2.48. The Hall–Kier alpha value is -0.910. The molecule has 0 aromatic heterocycles. The fourth-order valence-corrected chi connectivity index (χ4v) is 5.44. The average Bonchev–Trinajstić information content (AvgIpc) is 3.23. The Morgan fingerprint density at radius 3 is 2.60 bits per heavy atom. The van der Waals surface area contributed by atoms with Crippen LogP contribution in [0.15, 0.2) is 24.3 Å². The predicted molar refractivity (Wildman–Crippen MR) is 78.1 cm³/mol. The van der Waals surface area contributed by atoms with E-state index in [1.165, 1.54) is 0 Å². The number of hydrogen-bond donors (Lipinski definition) is 2. The third kappa shape index (κ3) is 2.38. The Morgan fingerprint density at radius 1 is 1.35 bits per heavy atom. The SMILES string of the molecule is NCC1(C(O)c2ccccc2C2CC2)CCS(=O)(=O)C1. The summed E-state index contributed by atoms with van der Waals surface area (Å²) < 4.78 is 23.6. The Balaban J connectivity index is 1.97. The molecule has 1 saturated carbocycles. The van der Waals surface area contributed by atoms with E-state index in [1.54, 1.807) is 0 Å². The fraction of sp³-hybridized carbons (Fsp3) is 0.600. The summed E-state index contributed by atoms with van der Waals surface area (Å²) in [5, 5.41) is 10.8. The standard InChI is InChI=1S/C15H21NO3S/c16-9-15(7-8-20(18,19)10-15)14(17)13-4-2-1-3-12(13)11-5-6-11/h1-4,11,14,17H,5-10,16H2. The van der Waals surface area contributed by atoms with E-state index in [9.17, 15) is 13.5 Å². The summed E-state index contributed by atoms with van der Waals surface area (Å²) in [5.74, 6) is 0.650. The molecule has 0 spiro atoms. The molecule has 2 atom stereocenters. The lowest BCUT2D eigenvalue weighted by atomic mass is 9.77. The molecule has 0 amide bonds. The van der Waals surface area contributed by atoms with Gasteiger partial charge in [0.15, 0.2) is 9.84 Å². The first-order chi connectivity index (χ1) is 9.47. The first kappa shape index (κ1) is 14.0. The molecular weight excluding hydrogens is 274 g/mol. The van der Waals surface area contributed by atoms with Gasteiger partial charge in [0.25, 0.3) is 0 Å². The summed E-state index contributed by atoms with van der Waals surface area (Å²) in [4.78, 5) is 0. The third-order valence-corrected chi connectivity index (χ3v) is 6.55. The van der Waals surface area contributed by atoms with E-state index in [0.717, 1.165) is 24.0 Å². The summed E-state index contributed by atoms with van der Waals surface area (Å²) in [7, 11) is -3.08. The normalized spacial score (nSPS) is 30.3. The van der Waals surface area contributed by atoms with E-state index in [4.69, 9.17) is 5.73 Å². The predicted octanol–water partition coefficient (Wildman–Crippen LogP) is 1.36. The summed E-state index contributed by atoms with van der Waals surface area (Å²) in [6, 6.07) is 7.84. The molecule has 0 radical (unpaired) electrons. The van der Waals surface area contributed by atoms with Gasteiger partial charge in [0, 0.05) is 12.0 Å². The van der Waals surface area contributed by atoms with Gasteiger partial charge in [-0.3, -0.25) is 0 Å². The first-order valence-electron chi connectivity index (χ1n) is 7.15. The van der Waals surface area contributed by atoms with Crippen LogP contribution in [0.4, 0.5) is 0 Å². The summed E-state index contributed by atoms with van der Waals surface area (Å²) in [6.07, 6.45) is 1.96. The highest BCUT2D eigenvalue weighted by Gasteiger charge is 2.48. The van der Waals surface area contributed by atoms with E-state index in [1.807, 2.05) is 24.3 Å². The molecule has 1 aromatic carbocycles. The van der Waals surface area contributed by atoms with Crippen LogP contribution < -0.4 is 5.73 Å². The Labute approximate surface area is 119 Å². The van der Waals surface area contributed by atoms with Crippen LogP contribution in [0.25, 0.3) is 0 Å². The minimum absolute atomic E-state index is 0.00331. The molecule has 0 bridgehead atoms. The van der Waals surface area contributed by atoms with Crippen LogP contribution in [0.5, 0.6) is 0 Å². The molecule has 5 heteroatoms. The van der Waals surface area contributed by atoms with Crippen molar-refractivity contribution in [3.8, 4) is 0 Å². The van der Waals surface area contributed by atoms with Crippen LogP contribution in [0.2, 0.25) is 0 Å². The Morgan fingerprint density at radius 2 is 2.05 bits per heavy atom. The molecule has 2 fully saturated rings. The Kier molecular flexibility index (Phi) is 3.39. The van der Waals surface area contributed by atoms with Gasteiger partial charge in [0.05, 0.1) is 17.6 Å². The number of aliphatic hydroxyl groups excluding tert-OH is 1. The molecule has 1 saturated heterocycles. The smallest absolute Gasteiger partial charge is 0.151 e. The number of hydrogen-bond acceptors (Lipinski definition) is 4. The maximum absolute atomic E-state index is 11.8. The molecule has 1 aromatic rings. The molecule has 1 heterocycles. The second-order valence-corrected chi connectivity index (χ2v) is 8.40. The maximum Gasteiger partial charge on any atom is 0.151 e. The van der Waals surface area contributed by atoms with Crippen molar-refractivity contribution in [2.75, 3.05) is 18.1 Å². The zero-order chi connectivity index (χ0) is 14.4. The number of benzene rings is 1. The molecule has 4 nitrogen and oxygen atoms in total. The van der Waals surface area contributed by atoms with Crippen molar-refractivity contribution in [2.24, 2.45) is 11.1 Å². The molecule has 2 aliphatic rings. The minimum atomic E-state index is -3.08. The topological polar surface area (TPSA) is 80.4 Å². The highest BCUT2D eigenvalue weighted by molar-refractivity contribution is 7.91. The van der Waals surface area contributed by atoms with E-state index < -0.39 is 21.4 Å². The van der Waals surface area contributed by atoms with Crippen LogP contribution in [0.3, 0.4) is 0 Å². The van der Waals surface area contributed by atoms with Crippen molar-refractivity contribution in [1.82, 2.24) is 0 Å².